The smallest absolute Gasteiger partial charge is 0.243 e. The lowest BCUT2D eigenvalue weighted by Crippen LogP contribution is -2.53. The minimum Gasteiger partial charge on any atom is -0.350 e. The van der Waals surface area contributed by atoms with Gasteiger partial charge in [-0.1, -0.05) is 25.7 Å². The average molecular weight is 654 g/mol. The third kappa shape index (κ3) is 8.95. The lowest BCUT2D eigenvalue weighted by molar-refractivity contribution is -0.276. The molecule has 2 saturated heterocycles. The van der Waals surface area contributed by atoms with Crippen molar-refractivity contribution in [2.75, 3.05) is 56.8 Å². The first-order chi connectivity index (χ1) is 21.4. The van der Waals surface area contributed by atoms with Gasteiger partial charge in [0, 0.05) is 50.8 Å². The Morgan fingerprint density at radius 1 is 1.23 bits per heavy atom. The van der Waals surface area contributed by atoms with Gasteiger partial charge in [-0.15, -0.1) is 11.3 Å². The molecule has 5 rings (SSSR count). The van der Waals surface area contributed by atoms with Gasteiger partial charge in [-0.3, -0.25) is 25.4 Å². The van der Waals surface area contributed by atoms with Crippen molar-refractivity contribution in [3.05, 3.63) is 27.7 Å². The summed E-state index contributed by atoms with van der Waals surface area (Å²) in [5.41, 5.74) is 5.26. The fourth-order valence-electron chi connectivity index (χ4n) is 5.88. The Labute approximate surface area is 265 Å². The average Bonchev–Trinajstić information content (AvgIpc) is 3.75. The standard InChI is InChI=1S/C28H41ClFN9O4S/c1-36-10-12-37(13-11-36)39(18-22-31-9-15-44-22)26-24(30)25(32-28(29)33-26)34-35-27(41)21(16-20-6-2-3-7-20)17-38(19-40)43-23-8-4-5-14-42-23/h9,15,19-21,23H,2-8,10-14,16-18H2,1H3,(H,35,41)(H,32,33,34)/t21-,23?/m1/s1. The number of carbonyl (C=O) groups is 2. The Morgan fingerprint density at radius 3 is 2.68 bits per heavy atom. The van der Waals surface area contributed by atoms with E-state index in [0.717, 1.165) is 61.7 Å². The molecule has 2 aromatic rings. The van der Waals surface area contributed by atoms with E-state index in [4.69, 9.17) is 21.2 Å². The molecule has 0 aromatic carbocycles. The molecule has 0 bridgehead atoms. The normalized spacial score (nSPS) is 20.8. The van der Waals surface area contributed by atoms with Gasteiger partial charge in [-0.25, -0.2) is 19.9 Å². The third-order valence-corrected chi connectivity index (χ3v) is 9.25. The summed E-state index contributed by atoms with van der Waals surface area (Å²) in [6.07, 6.45) is 9.15. The highest BCUT2D eigenvalue weighted by Crippen LogP contribution is 2.32. The molecule has 16 heteroatoms. The van der Waals surface area contributed by atoms with Crippen molar-refractivity contribution >= 4 is 46.9 Å². The van der Waals surface area contributed by atoms with E-state index in [1.165, 1.54) is 11.3 Å². The zero-order valence-corrected chi connectivity index (χ0v) is 26.6. The van der Waals surface area contributed by atoms with E-state index in [0.29, 0.717) is 51.4 Å². The number of hydrogen-bond acceptors (Lipinski definition) is 12. The number of carbonyl (C=O) groups excluding carboxylic acids is 2. The number of likely N-dealkylation sites (N-methyl/N-ethyl adjacent to an activating group) is 1. The van der Waals surface area contributed by atoms with Crippen molar-refractivity contribution in [3.8, 4) is 0 Å². The molecule has 242 valence electrons. The van der Waals surface area contributed by atoms with Crippen LogP contribution in [0.25, 0.3) is 0 Å². The maximum atomic E-state index is 16.1. The van der Waals surface area contributed by atoms with Gasteiger partial charge in [0.15, 0.2) is 17.9 Å². The van der Waals surface area contributed by atoms with Crippen LogP contribution in [0.1, 0.15) is 56.4 Å². The zero-order chi connectivity index (χ0) is 30.9. The molecule has 13 nitrogen and oxygen atoms in total. The molecular weight excluding hydrogens is 613 g/mol. The molecule has 4 heterocycles. The summed E-state index contributed by atoms with van der Waals surface area (Å²) in [4.78, 5) is 46.0. The molecule has 0 spiro atoms. The van der Waals surface area contributed by atoms with E-state index in [2.05, 4.69) is 30.7 Å². The number of nitrogens with zero attached hydrogens (tertiary/aromatic N) is 7. The van der Waals surface area contributed by atoms with Gasteiger partial charge in [-0.2, -0.15) is 14.4 Å². The Kier molecular flexibility index (Phi) is 11.9. The predicted molar refractivity (Wildman–Crippen MR) is 164 cm³/mol. The van der Waals surface area contributed by atoms with Gasteiger partial charge in [-0.05, 0) is 43.8 Å². The topological polar surface area (TPSA) is 128 Å². The number of nitrogens with one attached hydrogen (secondary N) is 2. The van der Waals surface area contributed by atoms with Crippen molar-refractivity contribution in [2.45, 2.75) is 64.2 Å². The van der Waals surface area contributed by atoms with Crippen LogP contribution in [0.4, 0.5) is 16.0 Å². The van der Waals surface area contributed by atoms with Gasteiger partial charge in [0.2, 0.25) is 23.4 Å². The Balaban J connectivity index is 1.30. The van der Waals surface area contributed by atoms with E-state index in [-0.39, 0.29) is 23.5 Å². The second kappa shape index (κ2) is 16.0. The first kappa shape index (κ1) is 32.7. The fraction of sp³-hybridized carbons (Fsp3) is 0.679. The number of piperazine rings is 1. The van der Waals surface area contributed by atoms with Crippen LogP contribution in [0.2, 0.25) is 5.28 Å². The molecule has 2 N–H and O–H groups in total. The number of hydroxylamine groups is 2. The number of rotatable bonds is 14. The van der Waals surface area contributed by atoms with Crippen LogP contribution in [-0.2, 0) is 25.7 Å². The minimum absolute atomic E-state index is 0.0166. The second-order valence-electron chi connectivity index (χ2n) is 11.5. The number of thiazole rings is 1. The van der Waals surface area contributed by atoms with E-state index in [1.807, 2.05) is 17.4 Å². The van der Waals surface area contributed by atoms with Crippen LogP contribution >= 0.6 is 22.9 Å². The maximum Gasteiger partial charge on any atom is 0.243 e. The molecule has 2 amide bonds. The van der Waals surface area contributed by atoms with Gasteiger partial charge < -0.3 is 9.64 Å². The fourth-order valence-corrected chi connectivity index (χ4v) is 6.64. The molecule has 1 unspecified atom stereocenters. The van der Waals surface area contributed by atoms with Gasteiger partial charge in [0.05, 0.1) is 19.0 Å². The highest BCUT2D eigenvalue weighted by atomic mass is 35.5. The highest BCUT2D eigenvalue weighted by molar-refractivity contribution is 7.09. The molecule has 3 aliphatic rings. The van der Waals surface area contributed by atoms with Crippen LogP contribution < -0.4 is 15.9 Å². The van der Waals surface area contributed by atoms with Crippen molar-refractivity contribution in [3.63, 3.8) is 0 Å². The third-order valence-electron chi connectivity index (χ3n) is 8.32. The zero-order valence-electron chi connectivity index (χ0n) is 25.0. The number of hydrazine groups is 2. The van der Waals surface area contributed by atoms with Crippen LogP contribution in [0.3, 0.4) is 0 Å². The van der Waals surface area contributed by atoms with Crippen LogP contribution in [0.15, 0.2) is 11.6 Å². The summed E-state index contributed by atoms with van der Waals surface area (Å²) in [5.74, 6) is -1.70. The molecule has 1 saturated carbocycles. The largest absolute Gasteiger partial charge is 0.350 e. The molecular formula is C28H41ClFN9O4S. The maximum absolute atomic E-state index is 16.1. The van der Waals surface area contributed by atoms with Crippen LogP contribution in [-0.4, -0.2) is 94.9 Å². The predicted octanol–water partition coefficient (Wildman–Crippen LogP) is 3.45. The first-order valence-electron chi connectivity index (χ1n) is 15.3. The SMILES string of the molecule is CN1CCN(N(Cc2nccs2)c2nc(Cl)nc(NNC(=O)[C@H](CC3CCCC3)CN(C=O)OC3CCCCO3)c2F)CC1. The van der Waals surface area contributed by atoms with E-state index in [9.17, 15) is 9.59 Å². The molecule has 2 aromatic heterocycles. The van der Waals surface area contributed by atoms with Crippen molar-refractivity contribution in [1.82, 2.24) is 35.3 Å². The number of amides is 2. The summed E-state index contributed by atoms with van der Waals surface area (Å²) < 4.78 is 21.7. The minimum atomic E-state index is -0.759. The van der Waals surface area contributed by atoms with Crippen LogP contribution in [0, 0.1) is 17.7 Å². The van der Waals surface area contributed by atoms with Crippen molar-refractivity contribution < 1.29 is 23.6 Å². The van der Waals surface area contributed by atoms with Crippen molar-refractivity contribution in [2.24, 2.45) is 11.8 Å². The lowest BCUT2D eigenvalue weighted by Gasteiger charge is -2.40. The van der Waals surface area contributed by atoms with Crippen molar-refractivity contribution in [1.29, 1.82) is 0 Å². The molecule has 2 atom stereocenters. The molecule has 1 aliphatic carbocycles. The van der Waals surface area contributed by atoms with E-state index < -0.39 is 23.9 Å². The quantitative estimate of drug-likeness (QED) is 0.177. The molecule has 2 aliphatic heterocycles. The second-order valence-corrected chi connectivity index (χ2v) is 12.8. The first-order valence-corrected chi connectivity index (χ1v) is 16.5. The lowest BCUT2D eigenvalue weighted by atomic mass is 9.92. The Hall–Kier alpha value is -2.69. The van der Waals surface area contributed by atoms with Gasteiger partial charge >= 0.3 is 0 Å². The summed E-state index contributed by atoms with van der Waals surface area (Å²) in [7, 11) is 2.04. The van der Waals surface area contributed by atoms with E-state index in [1.54, 1.807) is 11.2 Å². The molecule has 44 heavy (non-hydrogen) atoms. The van der Waals surface area contributed by atoms with Crippen LogP contribution in [0.5, 0.6) is 0 Å². The monoisotopic (exact) mass is 653 g/mol. The molecule has 0 radical (unpaired) electrons. The number of aromatic nitrogens is 3. The van der Waals surface area contributed by atoms with Gasteiger partial charge in [0.25, 0.3) is 0 Å². The number of ether oxygens (including phenoxy) is 1. The molecule has 3 fully saturated rings. The van der Waals surface area contributed by atoms with Gasteiger partial charge in [0.1, 0.15) is 5.01 Å². The number of hydrogen-bond donors (Lipinski definition) is 2. The Bertz CT molecular complexity index is 1210. The summed E-state index contributed by atoms with van der Waals surface area (Å²) >= 11 is 7.76. The number of halogens is 2. The highest BCUT2D eigenvalue weighted by Gasteiger charge is 2.31. The van der Waals surface area contributed by atoms with E-state index >= 15 is 4.39 Å². The summed E-state index contributed by atoms with van der Waals surface area (Å²) in [6.45, 7) is 3.82. The summed E-state index contributed by atoms with van der Waals surface area (Å²) in [5, 5.41) is 7.37. The Morgan fingerprint density at radius 2 is 2.00 bits per heavy atom. The number of anilines is 2. The summed E-state index contributed by atoms with van der Waals surface area (Å²) in [6, 6.07) is 0.